The van der Waals surface area contributed by atoms with Gasteiger partial charge in [0.25, 0.3) is 0 Å². The summed E-state index contributed by atoms with van der Waals surface area (Å²) in [6.45, 7) is 8.73. The highest BCUT2D eigenvalue weighted by atomic mass is 16.5. The summed E-state index contributed by atoms with van der Waals surface area (Å²) in [6, 6.07) is 0.474. The zero-order valence-corrected chi connectivity index (χ0v) is 11.1. The molecule has 0 aromatic heterocycles. The molecule has 3 heteroatoms. The van der Waals surface area contributed by atoms with Crippen LogP contribution in [0.3, 0.4) is 0 Å². The third-order valence-corrected chi connectivity index (χ3v) is 3.40. The maximum atomic E-state index is 9.49. The summed E-state index contributed by atoms with van der Waals surface area (Å²) in [7, 11) is 0. The Bertz CT molecular complexity index is 200. The minimum absolute atomic E-state index is 0.129. The largest absolute Gasteiger partial charge is 0.394 e. The first-order valence-corrected chi connectivity index (χ1v) is 6.53. The van der Waals surface area contributed by atoms with E-state index in [-0.39, 0.29) is 12.1 Å². The molecule has 1 saturated heterocycles. The van der Waals surface area contributed by atoms with E-state index in [0.717, 1.165) is 25.7 Å². The van der Waals surface area contributed by atoms with Crippen LogP contribution in [0, 0.1) is 0 Å². The van der Waals surface area contributed by atoms with Gasteiger partial charge in [0.2, 0.25) is 0 Å². The van der Waals surface area contributed by atoms with E-state index >= 15 is 0 Å². The summed E-state index contributed by atoms with van der Waals surface area (Å²) in [5.41, 5.74) is -0.129. The SMILES string of the molecule is CCCC(C)(CO)NC1CC(C)OC(C)C1. The number of nitrogens with one attached hydrogen (secondary N) is 1. The average molecular weight is 229 g/mol. The normalized spacial score (nSPS) is 34.7. The van der Waals surface area contributed by atoms with Crippen LogP contribution < -0.4 is 5.32 Å². The van der Waals surface area contributed by atoms with Crippen LogP contribution in [0.5, 0.6) is 0 Å². The van der Waals surface area contributed by atoms with Crippen molar-refractivity contribution in [1.82, 2.24) is 5.32 Å². The molecular weight excluding hydrogens is 202 g/mol. The van der Waals surface area contributed by atoms with Gasteiger partial charge in [-0.05, 0) is 40.0 Å². The molecule has 3 nitrogen and oxygen atoms in total. The van der Waals surface area contributed by atoms with Crippen LogP contribution in [0.1, 0.15) is 53.4 Å². The minimum atomic E-state index is -0.129. The number of rotatable bonds is 5. The van der Waals surface area contributed by atoms with Crippen molar-refractivity contribution in [2.75, 3.05) is 6.61 Å². The summed E-state index contributed by atoms with van der Waals surface area (Å²) in [6.07, 6.45) is 4.85. The molecule has 1 fully saturated rings. The Morgan fingerprint density at radius 3 is 2.31 bits per heavy atom. The van der Waals surface area contributed by atoms with Gasteiger partial charge >= 0.3 is 0 Å². The summed E-state index contributed by atoms with van der Waals surface area (Å²) >= 11 is 0. The quantitative estimate of drug-likeness (QED) is 0.758. The highest BCUT2D eigenvalue weighted by molar-refractivity contribution is 4.89. The van der Waals surface area contributed by atoms with Gasteiger partial charge in [-0.1, -0.05) is 13.3 Å². The summed E-state index contributed by atoms with van der Waals surface area (Å²) in [5, 5.41) is 13.1. The first kappa shape index (κ1) is 13.9. The van der Waals surface area contributed by atoms with Crippen LogP contribution in [0.25, 0.3) is 0 Å². The van der Waals surface area contributed by atoms with E-state index < -0.39 is 0 Å². The lowest BCUT2D eigenvalue weighted by Crippen LogP contribution is -2.54. The van der Waals surface area contributed by atoms with Crippen molar-refractivity contribution < 1.29 is 9.84 Å². The highest BCUT2D eigenvalue weighted by Gasteiger charge is 2.30. The molecule has 0 bridgehead atoms. The number of ether oxygens (including phenoxy) is 1. The maximum Gasteiger partial charge on any atom is 0.0610 e. The standard InChI is InChI=1S/C13H27NO2/c1-5-6-13(4,9-15)14-12-7-10(2)16-11(3)8-12/h10-12,14-15H,5-9H2,1-4H3. The molecule has 1 heterocycles. The Kier molecular flexibility index (Phi) is 5.22. The van der Waals surface area contributed by atoms with Crippen molar-refractivity contribution in [2.45, 2.75) is 77.2 Å². The first-order chi connectivity index (χ1) is 7.49. The zero-order valence-electron chi connectivity index (χ0n) is 11.1. The van der Waals surface area contributed by atoms with Crippen molar-refractivity contribution in [1.29, 1.82) is 0 Å². The van der Waals surface area contributed by atoms with E-state index in [4.69, 9.17) is 4.74 Å². The number of hydrogen-bond acceptors (Lipinski definition) is 3. The lowest BCUT2D eigenvalue weighted by molar-refractivity contribution is -0.0482. The second kappa shape index (κ2) is 5.99. The second-order valence-corrected chi connectivity index (χ2v) is 5.54. The number of aliphatic hydroxyl groups excluding tert-OH is 1. The predicted octanol–water partition coefficient (Wildman–Crippen LogP) is 2.08. The summed E-state index contributed by atoms with van der Waals surface area (Å²) in [5.74, 6) is 0. The topological polar surface area (TPSA) is 41.5 Å². The summed E-state index contributed by atoms with van der Waals surface area (Å²) in [4.78, 5) is 0. The molecule has 16 heavy (non-hydrogen) atoms. The molecule has 96 valence electrons. The zero-order chi connectivity index (χ0) is 12.2. The van der Waals surface area contributed by atoms with Crippen LogP contribution >= 0.6 is 0 Å². The van der Waals surface area contributed by atoms with E-state index in [9.17, 15) is 5.11 Å². The number of hydrogen-bond donors (Lipinski definition) is 2. The first-order valence-electron chi connectivity index (χ1n) is 6.53. The van der Waals surface area contributed by atoms with Gasteiger partial charge < -0.3 is 15.2 Å². The molecule has 2 N–H and O–H groups in total. The Labute approximate surface area is 99.6 Å². The second-order valence-electron chi connectivity index (χ2n) is 5.54. The lowest BCUT2D eigenvalue weighted by Gasteiger charge is -2.39. The summed E-state index contributed by atoms with van der Waals surface area (Å²) < 4.78 is 5.72. The van der Waals surface area contributed by atoms with Gasteiger partial charge in [0.15, 0.2) is 0 Å². The molecule has 0 aromatic rings. The van der Waals surface area contributed by atoms with E-state index in [1.807, 2.05) is 0 Å². The average Bonchev–Trinajstić information content (AvgIpc) is 2.16. The molecule has 0 aliphatic carbocycles. The highest BCUT2D eigenvalue weighted by Crippen LogP contribution is 2.22. The van der Waals surface area contributed by atoms with Gasteiger partial charge in [-0.15, -0.1) is 0 Å². The lowest BCUT2D eigenvalue weighted by atomic mass is 9.92. The fourth-order valence-corrected chi connectivity index (χ4v) is 2.76. The smallest absolute Gasteiger partial charge is 0.0610 e. The molecular formula is C13H27NO2. The van der Waals surface area contributed by atoms with Crippen molar-refractivity contribution in [3.05, 3.63) is 0 Å². The van der Waals surface area contributed by atoms with Crippen LogP contribution in [-0.2, 0) is 4.74 Å². The Hall–Kier alpha value is -0.120. The van der Waals surface area contributed by atoms with Crippen molar-refractivity contribution >= 4 is 0 Å². The Morgan fingerprint density at radius 1 is 1.31 bits per heavy atom. The molecule has 0 saturated carbocycles. The Balaban J connectivity index is 2.50. The maximum absolute atomic E-state index is 9.49. The van der Waals surface area contributed by atoms with Crippen LogP contribution in [-0.4, -0.2) is 35.5 Å². The minimum Gasteiger partial charge on any atom is -0.394 e. The van der Waals surface area contributed by atoms with E-state index in [1.165, 1.54) is 0 Å². The van der Waals surface area contributed by atoms with Crippen LogP contribution in [0.15, 0.2) is 0 Å². The third-order valence-electron chi connectivity index (χ3n) is 3.40. The molecule has 3 unspecified atom stereocenters. The van der Waals surface area contributed by atoms with E-state index in [0.29, 0.717) is 18.2 Å². The van der Waals surface area contributed by atoms with E-state index in [2.05, 4.69) is 33.0 Å². The third kappa shape index (κ3) is 4.04. The molecule has 0 amide bonds. The monoisotopic (exact) mass is 229 g/mol. The van der Waals surface area contributed by atoms with E-state index in [1.54, 1.807) is 0 Å². The Morgan fingerprint density at radius 2 is 1.88 bits per heavy atom. The van der Waals surface area contributed by atoms with Crippen LogP contribution in [0.4, 0.5) is 0 Å². The molecule has 1 aliphatic rings. The van der Waals surface area contributed by atoms with Crippen LogP contribution in [0.2, 0.25) is 0 Å². The predicted molar refractivity (Wildman–Crippen MR) is 66.6 cm³/mol. The van der Waals surface area contributed by atoms with Gasteiger partial charge in [-0.2, -0.15) is 0 Å². The molecule has 0 aromatic carbocycles. The molecule has 3 atom stereocenters. The van der Waals surface area contributed by atoms with Gasteiger partial charge in [0.05, 0.1) is 18.8 Å². The van der Waals surface area contributed by atoms with Gasteiger partial charge in [0, 0.05) is 11.6 Å². The van der Waals surface area contributed by atoms with Gasteiger partial charge in [0.1, 0.15) is 0 Å². The molecule has 1 aliphatic heterocycles. The van der Waals surface area contributed by atoms with Gasteiger partial charge in [-0.25, -0.2) is 0 Å². The van der Waals surface area contributed by atoms with Gasteiger partial charge in [-0.3, -0.25) is 0 Å². The molecule has 1 rings (SSSR count). The van der Waals surface area contributed by atoms with Crippen molar-refractivity contribution in [3.63, 3.8) is 0 Å². The fourth-order valence-electron chi connectivity index (χ4n) is 2.76. The van der Waals surface area contributed by atoms with Crippen molar-refractivity contribution in [2.24, 2.45) is 0 Å². The fraction of sp³-hybridized carbons (Fsp3) is 1.00. The van der Waals surface area contributed by atoms with Crippen molar-refractivity contribution in [3.8, 4) is 0 Å². The number of aliphatic hydroxyl groups is 1. The molecule has 0 spiro atoms. The molecule has 0 radical (unpaired) electrons.